The Hall–Kier alpha value is -2.66. The molecule has 8 N–H and O–H groups in total. The number of nitrogens with two attached hydrogens (primary N) is 2. The number of fused-ring (bicyclic) bond motifs is 2. The third kappa shape index (κ3) is 5.98. The number of hydrogen-bond donors (Lipinski definition) is 6. The minimum absolute atomic E-state index is 0.0226. The van der Waals surface area contributed by atoms with Gasteiger partial charge in [-0.3, -0.25) is 14.3 Å². The predicted octanol–water partition coefficient (Wildman–Crippen LogP) is -1.46. The monoisotopic (exact) mass is 695 g/mol. The van der Waals surface area contributed by atoms with Crippen molar-refractivity contribution in [3.8, 4) is 0 Å². The van der Waals surface area contributed by atoms with Crippen molar-refractivity contribution in [2.45, 2.75) is 49.5 Å². The summed E-state index contributed by atoms with van der Waals surface area (Å²) in [5.74, 6) is -0.137. The van der Waals surface area contributed by atoms with Crippen molar-refractivity contribution in [1.29, 1.82) is 0 Å². The van der Waals surface area contributed by atoms with Crippen LogP contribution in [-0.2, 0) is 46.7 Å². The quantitative estimate of drug-likeness (QED) is 0.103. The molecule has 0 aromatic carbocycles. The van der Waals surface area contributed by atoms with Gasteiger partial charge >= 0.3 is 6.72 Å². The van der Waals surface area contributed by atoms with E-state index < -0.39 is 75.7 Å². The summed E-state index contributed by atoms with van der Waals surface area (Å²) in [5, 5.41) is 17.4. The number of aliphatic hydroxyl groups is 1. The highest BCUT2D eigenvalue weighted by Gasteiger charge is 2.49. The summed E-state index contributed by atoms with van der Waals surface area (Å²) in [7, 11) is -2.83. The van der Waals surface area contributed by atoms with Crippen LogP contribution in [0.5, 0.6) is 0 Å². The van der Waals surface area contributed by atoms with Gasteiger partial charge in [-0.2, -0.15) is 9.67 Å². The van der Waals surface area contributed by atoms with Gasteiger partial charge in [-0.1, -0.05) is 5.21 Å². The molecule has 2 fully saturated rings. The number of imidazole rings is 1. The van der Waals surface area contributed by atoms with Crippen molar-refractivity contribution in [3.63, 3.8) is 0 Å². The normalized spacial score (nSPS) is 29.4. The Kier molecular flexibility index (Phi) is 8.73. The van der Waals surface area contributed by atoms with Crippen LogP contribution < -0.4 is 17.0 Å². The van der Waals surface area contributed by atoms with Gasteiger partial charge in [0.1, 0.15) is 30.2 Å². The first-order valence-corrected chi connectivity index (χ1v) is 17.7. The summed E-state index contributed by atoms with van der Waals surface area (Å²) in [4.78, 5) is 51.4. The fraction of sp³-hybridized carbons (Fsp3) is 0.526. The van der Waals surface area contributed by atoms with E-state index in [4.69, 9.17) is 58.1 Å². The Balaban J connectivity index is 1.20. The first kappa shape index (κ1) is 31.3. The van der Waals surface area contributed by atoms with Gasteiger partial charge in [0.2, 0.25) is 5.95 Å². The summed E-state index contributed by atoms with van der Waals surface area (Å²) in [6, 6.07) is 0. The molecule has 4 aromatic rings. The molecule has 9 atom stereocenters. The second-order valence-corrected chi connectivity index (χ2v) is 14.2. The van der Waals surface area contributed by atoms with Gasteiger partial charge in [-0.25, -0.2) is 19.3 Å². The molecule has 0 aliphatic carbocycles. The third-order valence-corrected chi connectivity index (χ3v) is 9.13. The first-order chi connectivity index (χ1) is 21.0. The summed E-state index contributed by atoms with van der Waals surface area (Å²) < 4.78 is 46.3. The van der Waals surface area contributed by atoms with Crippen LogP contribution in [0.15, 0.2) is 17.4 Å². The molecule has 44 heavy (non-hydrogen) atoms. The molecule has 2 aliphatic heterocycles. The van der Waals surface area contributed by atoms with Gasteiger partial charge in [0.15, 0.2) is 48.4 Å². The minimum Gasteiger partial charge on any atom is -0.394 e. The molecule has 20 nitrogen and oxygen atoms in total. The number of halogens is 1. The van der Waals surface area contributed by atoms with E-state index in [1.54, 1.807) is 0 Å². The molecule has 6 rings (SSSR count). The van der Waals surface area contributed by atoms with Crippen LogP contribution in [0.3, 0.4) is 0 Å². The summed E-state index contributed by atoms with van der Waals surface area (Å²) >= 11 is 10.00. The smallest absolute Gasteiger partial charge is 0.325 e. The van der Waals surface area contributed by atoms with Crippen LogP contribution in [0.25, 0.3) is 22.3 Å². The number of nitrogen functional groups attached to an aromatic ring is 2. The van der Waals surface area contributed by atoms with Gasteiger partial charge in [0.25, 0.3) is 5.56 Å². The van der Waals surface area contributed by atoms with Crippen molar-refractivity contribution in [2.75, 3.05) is 24.7 Å². The maximum absolute atomic E-state index is 15.7. The lowest BCUT2D eigenvalue weighted by Gasteiger charge is -2.25. The number of ether oxygens (including phenoxy) is 2. The van der Waals surface area contributed by atoms with Crippen molar-refractivity contribution >= 4 is 71.6 Å². The highest BCUT2D eigenvalue weighted by atomic mass is 32.5. The lowest BCUT2D eigenvalue weighted by Crippen LogP contribution is -2.33. The van der Waals surface area contributed by atoms with Crippen LogP contribution in [0, 0.1) is 0 Å². The molecule has 2 aliphatic rings. The van der Waals surface area contributed by atoms with E-state index in [9.17, 15) is 19.7 Å². The van der Waals surface area contributed by atoms with Crippen molar-refractivity contribution in [1.82, 2.24) is 44.5 Å². The summed E-state index contributed by atoms with van der Waals surface area (Å²) in [5.41, 5.74) is 11.1. The molecule has 0 amide bonds. The van der Waals surface area contributed by atoms with E-state index in [1.165, 1.54) is 17.2 Å². The van der Waals surface area contributed by atoms with Gasteiger partial charge in [-0.05, 0) is 23.6 Å². The fourth-order valence-electron chi connectivity index (χ4n) is 4.91. The molecule has 4 aromatic heterocycles. The Morgan fingerprint density at radius 2 is 2.02 bits per heavy atom. The Bertz CT molecular complexity index is 1830. The third-order valence-electron chi connectivity index (χ3n) is 6.78. The lowest BCUT2D eigenvalue weighted by molar-refractivity contribution is -0.0586. The van der Waals surface area contributed by atoms with E-state index in [-0.39, 0.29) is 40.5 Å². The second-order valence-electron chi connectivity index (χ2n) is 9.57. The van der Waals surface area contributed by atoms with Gasteiger partial charge in [-0.15, -0.1) is 5.10 Å². The molecular weight excluding hydrogens is 671 g/mol. The molecule has 2 saturated heterocycles. The molecule has 238 valence electrons. The number of aliphatic hydroxyl groups excluding tert-OH is 1. The zero-order valence-electron chi connectivity index (χ0n) is 22.0. The number of anilines is 2. The van der Waals surface area contributed by atoms with Crippen molar-refractivity contribution < 1.29 is 42.3 Å². The number of nitrogens with zero attached hydrogens (tertiary/aromatic N) is 8. The highest BCUT2D eigenvalue weighted by molar-refractivity contribution is 8.07. The number of H-pyrrole nitrogens is 1. The molecule has 0 radical (unpaired) electrons. The molecule has 0 saturated carbocycles. The van der Waals surface area contributed by atoms with Crippen LogP contribution in [0.4, 0.5) is 16.2 Å². The zero-order valence-corrected chi connectivity index (χ0v) is 25.5. The largest absolute Gasteiger partial charge is 0.394 e. The lowest BCUT2D eigenvalue weighted by atomic mass is 10.1. The molecule has 2 unspecified atom stereocenters. The van der Waals surface area contributed by atoms with Crippen LogP contribution in [0.2, 0.25) is 0 Å². The summed E-state index contributed by atoms with van der Waals surface area (Å²) in [6.45, 7) is -5.13. The number of rotatable bonds is 10. The van der Waals surface area contributed by atoms with Gasteiger partial charge in [0.05, 0.1) is 25.6 Å². The van der Waals surface area contributed by atoms with Crippen LogP contribution in [-0.4, -0.2) is 103 Å². The fourth-order valence-corrected chi connectivity index (χ4v) is 7.20. The van der Waals surface area contributed by atoms with E-state index in [0.29, 0.717) is 0 Å². The number of hydrogen-bond acceptors (Lipinski definition) is 17. The van der Waals surface area contributed by atoms with Crippen molar-refractivity contribution in [3.05, 3.63) is 23.0 Å². The maximum atomic E-state index is 15.7. The minimum atomic E-state index is -4.15. The summed E-state index contributed by atoms with van der Waals surface area (Å²) in [6.07, 6.45) is -6.48. The molecule has 6 heterocycles. The van der Waals surface area contributed by atoms with E-state index in [2.05, 4.69) is 35.2 Å². The van der Waals surface area contributed by atoms with Crippen LogP contribution >= 0.6 is 13.9 Å². The average Bonchev–Trinajstić information content (AvgIpc) is 3.73. The Morgan fingerprint density at radius 3 is 2.77 bits per heavy atom. The Morgan fingerprint density at radius 1 is 1.23 bits per heavy atom. The zero-order chi connectivity index (χ0) is 31.3. The van der Waals surface area contributed by atoms with Gasteiger partial charge < -0.3 is 49.4 Å². The second kappa shape index (κ2) is 12.3. The SMILES string of the molecule is Nc1nc2c(nnn2[C@@H]2O[C@H](CO)C[C@H]2OP(O)(=S)OC[C@H]2O[C@@H](n3cnc4c(N)ncnc43)[C@@H](F)[C@@H]2O[PH](O)=S)c(=O)[nH]1. The molecule has 25 heteroatoms. The first-order valence-electron chi connectivity index (χ1n) is 12.6. The van der Waals surface area contributed by atoms with Crippen molar-refractivity contribution in [2.24, 2.45) is 0 Å². The van der Waals surface area contributed by atoms with E-state index >= 15 is 4.39 Å². The van der Waals surface area contributed by atoms with Gasteiger partial charge in [0, 0.05) is 6.42 Å². The maximum Gasteiger partial charge on any atom is 0.325 e. The average molecular weight is 696 g/mol. The molecule has 0 spiro atoms. The molecular formula is C19H24FN11O9P2S2. The highest BCUT2D eigenvalue weighted by Crippen LogP contribution is 2.50. The standard InChI is InChI=1S/C19H24FN11O9P2S2/c20-9-12(39-41(34)43)8(38-18(9)30-5-25-10-13(21)23-4-24-14(10)30)3-36-42(35,44)40-7-1-6(2-32)37-17(7)31-15-11(28-29-31)16(33)27-19(22)26-15/h4-9,12,17-18,32,41H,1-3H2,(H,34,43)(H,35,44)(H2,21,23,24)(H3,22,26,27,33)/t6-,7+,8+,9-,12+,17+,18+,42?/m0/s1. The van der Waals surface area contributed by atoms with Crippen LogP contribution in [0.1, 0.15) is 18.9 Å². The number of aromatic nitrogens is 9. The van der Waals surface area contributed by atoms with E-state index in [0.717, 1.165) is 4.68 Å². The number of alkyl halides is 1. The Labute approximate surface area is 255 Å². The number of aromatic amines is 1. The van der Waals surface area contributed by atoms with E-state index in [1.807, 2.05) is 0 Å². The number of nitrogens with one attached hydrogen (secondary N) is 1. The predicted molar refractivity (Wildman–Crippen MR) is 155 cm³/mol. The topological polar surface area (TPSA) is 279 Å². The molecule has 0 bridgehead atoms.